The van der Waals surface area contributed by atoms with E-state index in [4.69, 9.17) is 10.2 Å². The van der Waals surface area contributed by atoms with E-state index in [2.05, 4.69) is 5.32 Å². The second kappa shape index (κ2) is 4.06. The maximum atomic E-state index is 11.7. The normalized spacial score (nSPS) is 17.5. The molecule has 1 heterocycles. The second-order valence-electron chi connectivity index (χ2n) is 4.06. The molecule has 4 nitrogen and oxygen atoms in total. The predicted molar refractivity (Wildman–Crippen MR) is 56.5 cm³/mol. The first-order valence-electron chi connectivity index (χ1n) is 5.28. The van der Waals surface area contributed by atoms with Gasteiger partial charge >= 0.3 is 0 Å². The molecule has 3 N–H and O–H groups in total. The Morgan fingerprint density at radius 2 is 2.40 bits per heavy atom. The number of rotatable bonds is 4. The highest BCUT2D eigenvalue weighted by molar-refractivity contribution is 5.91. The quantitative estimate of drug-likeness (QED) is 0.777. The monoisotopic (exact) mass is 208 g/mol. The summed E-state index contributed by atoms with van der Waals surface area (Å²) >= 11 is 0. The molecule has 1 fully saturated rings. The van der Waals surface area contributed by atoms with E-state index >= 15 is 0 Å². The maximum Gasteiger partial charge on any atom is 0.287 e. The molecule has 0 aromatic carbocycles. The van der Waals surface area contributed by atoms with Crippen LogP contribution in [0.25, 0.3) is 0 Å². The highest BCUT2D eigenvalue weighted by Crippen LogP contribution is 2.32. The first-order valence-corrected chi connectivity index (χ1v) is 5.28. The third kappa shape index (κ3) is 2.39. The Morgan fingerprint density at radius 1 is 1.67 bits per heavy atom. The Hall–Kier alpha value is -1.29. The standard InChI is InChI=1S/C11H16N2O2/c1-7-2-5-10(15-7)11(14)13-9(6-12)8-3-4-8/h2,5,8-9H,3-4,6,12H2,1H3,(H,13,14). The zero-order valence-corrected chi connectivity index (χ0v) is 8.82. The number of hydrogen-bond acceptors (Lipinski definition) is 3. The highest BCUT2D eigenvalue weighted by Gasteiger charge is 2.31. The summed E-state index contributed by atoms with van der Waals surface area (Å²) in [6.45, 7) is 2.31. The number of carbonyl (C=O) groups is 1. The van der Waals surface area contributed by atoms with Crippen molar-refractivity contribution >= 4 is 5.91 Å². The molecule has 0 bridgehead atoms. The molecule has 1 aromatic rings. The Kier molecular flexibility index (Phi) is 2.77. The molecule has 0 spiro atoms. The van der Waals surface area contributed by atoms with Crippen molar-refractivity contribution in [3.05, 3.63) is 23.7 Å². The van der Waals surface area contributed by atoms with E-state index in [1.54, 1.807) is 12.1 Å². The Labute approximate surface area is 88.8 Å². The lowest BCUT2D eigenvalue weighted by atomic mass is 10.2. The molecule has 1 unspecified atom stereocenters. The van der Waals surface area contributed by atoms with E-state index in [0.29, 0.717) is 18.2 Å². The summed E-state index contributed by atoms with van der Waals surface area (Å²) in [6.07, 6.45) is 2.33. The van der Waals surface area contributed by atoms with Crippen molar-refractivity contribution < 1.29 is 9.21 Å². The van der Waals surface area contributed by atoms with Crippen molar-refractivity contribution in [3.63, 3.8) is 0 Å². The van der Waals surface area contributed by atoms with Gasteiger partial charge < -0.3 is 15.5 Å². The Bertz CT molecular complexity index is 355. The molecule has 1 atom stereocenters. The van der Waals surface area contributed by atoms with E-state index in [0.717, 1.165) is 5.76 Å². The van der Waals surface area contributed by atoms with Crippen LogP contribution in [-0.2, 0) is 0 Å². The number of furan rings is 1. The molecule has 0 saturated heterocycles. The molecule has 1 saturated carbocycles. The molecule has 1 amide bonds. The lowest BCUT2D eigenvalue weighted by Crippen LogP contribution is -2.41. The number of hydrogen-bond donors (Lipinski definition) is 2. The lowest BCUT2D eigenvalue weighted by molar-refractivity contribution is 0.0904. The van der Waals surface area contributed by atoms with Gasteiger partial charge in [0.1, 0.15) is 5.76 Å². The fraction of sp³-hybridized carbons (Fsp3) is 0.545. The van der Waals surface area contributed by atoms with E-state index in [9.17, 15) is 4.79 Å². The lowest BCUT2D eigenvalue weighted by Gasteiger charge is -2.14. The van der Waals surface area contributed by atoms with Crippen molar-refractivity contribution in [2.75, 3.05) is 6.54 Å². The Morgan fingerprint density at radius 3 is 2.87 bits per heavy atom. The van der Waals surface area contributed by atoms with Gasteiger partial charge in [-0.3, -0.25) is 4.79 Å². The molecule has 0 aliphatic heterocycles. The fourth-order valence-corrected chi connectivity index (χ4v) is 1.66. The van der Waals surface area contributed by atoms with Gasteiger partial charge in [0, 0.05) is 12.6 Å². The summed E-state index contributed by atoms with van der Waals surface area (Å²) in [5.41, 5.74) is 5.60. The summed E-state index contributed by atoms with van der Waals surface area (Å²) in [6, 6.07) is 3.57. The van der Waals surface area contributed by atoms with E-state index in [-0.39, 0.29) is 11.9 Å². The average molecular weight is 208 g/mol. The van der Waals surface area contributed by atoms with Gasteiger partial charge in [0.25, 0.3) is 5.91 Å². The van der Waals surface area contributed by atoms with Crippen molar-refractivity contribution in [1.82, 2.24) is 5.32 Å². The largest absolute Gasteiger partial charge is 0.456 e. The third-order valence-corrected chi connectivity index (χ3v) is 2.73. The Balaban J connectivity index is 1.96. The number of nitrogens with one attached hydrogen (secondary N) is 1. The van der Waals surface area contributed by atoms with Gasteiger partial charge in [-0.25, -0.2) is 0 Å². The van der Waals surface area contributed by atoms with Crippen LogP contribution < -0.4 is 11.1 Å². The van der Waals surface area contributed by atoms with Crippen LogP contribution >= 0.6 is 0 Å². The summed E-state index contributed by atoms with van der Waals surface area (Å²) in [5.74, 6) is 1.52. The van der Waals surface area contributed by atoms with Gasteiger partial charge in [-0.15, -0.1) is 0 Å². The summed E-state index contributed by atoms with van der Waals surface area (Å²) in [5, 5.41) is 2.90. The van der Waals surface area contributed by atoms with Gasteiger partial charge in [0.15, 0.2) is 5.76 Å². The first kappa shape index (κ1) is 10.2. The average Bonchev–Trinajstić information content (AvgIpc) is 2.97. The zero-order valence-electron chi connectivity index (χ0n) is 8.82. The minimum absolute atomic E-state index is 0.0999. The molecule has 4 heteroatoms. The van der Waals surface area contributed by atoms with E-state index in [1.807, 2.05) is 6.92 Å². The third-order valence-electron chi connectivity index (χ3n) is 2.73. The summed E-state index contributed by atoms with van der Waals surface area (Å²) in [4.78, 5) is 11.7. The minimum Gasteiger partial charge on any atom is -0.456 e. The zero-order chi connectivity index (χ0) is 10.8. The molecule has 1 aliphatic carbocycles. The topological polar surface area (TPSA) is 68.3 Å². The first-order chi connectivity index (χ1) is 7.20. The molecular formula is C11H16N2O2. The van der Waals surface area contributed by atoms with E-state index < -0.39 is 0 Å². The van der Waals surface area contributed by atoms with Crippen LogP contribution in [0.5, 0.6) is 0 Å². The van der Waals surface area contributed by atoms with E-state index in [1.165, 1.54) is 12.8 Å². The van der Waals surface area contributed by atoms with Crippen molar-refractivity contribution in [1.29, 1.82) is 0 Å². The molecule has 82 valence electrons. The molecule has 1 aliphatic rings. The van der Waals surface area contributed by atoms with Crippen molar-refractivity contribution in [2.45, 2.75) is 25.8 Å². The predicted octanol–water partition coefficient (Wildman–Crippen LogP) is 1.06. The minimum atomic E-state index is -0.162. The molecule has 1 aromatic heterocycles. The summed E-state index contributed by atoms with van der Waals surface area (Å²) < 4.78 is 5.24. The van der Waals surface area contributed by atoms with Gasteiger partial charge in [-0.05, 0) is 37.8 Å². The van der Waals surface area contributed by atoms with Crippen LogP contribution in [0.4, 0.5) is 0 Å². The van der Waals surface area contributed by atoms with Gasteiger partial charge in [0.2, 0.25) is 0 Å². The fourth-order valence-electron chi connectivity index (χ4n) is 1.66. The van der Waals surface area contributed by atoms with Crippen LogP contribution in [-0.4, -0.2) is 18.5 Å². The molecule has 2 rings (SSSR count). The van der Waals surface area contributed by atoms with Crippen LogP contribution in [0.2, 0.25) is 0 Å². The van der Waals surface area contributed by atoms with Gasteiger partial charge in [-0.2, -0.15) is 0 Å². The summed E-state index contributed by atoms with van der Waals surface area (Å²) in [7, 11) is 0. The SMILES string of the molecule is Cc1ccc(C(=O)NC(CN)C2CC2)o1. The van der Waals surface area contributed by atoms with Crippen LogP contribution in [0, 0.1) is 12.8 Å². The number of amides is 1. The molecule has 0 radical (unpaired) electrons. The van der Waals surface area contributed by atoms with Gasteiger partial charge in [0.05, 0.1) is 0 Å². The van der Waals surface area contributed by atoms with Crippen LogP contribution in [0.1, 0.15) is 29.2 Å². The molecular weight excluding hydrogens is 192 g/mol. The number of aryl methyl sites for hydroxylation is 1. The highest BCUT2D eigenvalue weighted by atomic mass is 16.3. The number of carbonyl (C=O) groups excluding carboxylic acids is 1. The van der Waals surface area contributed by atoms with Gasteiger partial charge in [-0.1, -0.05) is 0 Å². The second-order valence-corrected chi connectivity index (χ2v) is 4.06. The molecule has 15 heavy (non-hydrogen) atoms. The van der Waals surface area contributed by atoms with Crippen molar-refractivity contribution in [2.24, 2.45) is 11.7 Å². The number of nitrogens with two attached hydrogens (primary N) is 1. The van der Waals surface area contributed by atoms with Crippen LogP contribution in [0.15, 0.2) is 16.5 Å². The maximum absolute atomic E-state index is 11.7. The van der Waals surface area contributed by atoms with Crippen molar-refractivity contribution in [3.8, 4) is 0 Å². The smallest absolute Gasteiger partial charge is 0.287 e. The van der Waals surface area contributed by atoms with Crippen LogP contribution in [0.3, 0.4) is 0 Å².